The molecule has 0 fully saturated rings. The Morgan fingerprint density at radius 1 is 1.00 bits per heavy atom. The number of aromatic hydroxyl groups is 1. The average Bonchev–Trinajstić information content (AvgIpc) is 2.67. The van der Waals surface area contributed by atoms with E-state index in [0.717, 1.165) is 11.1 Å². The molecule has 0 spiro atoms. The molecule has 3 aromatic carbocycles. The molecule has 0 heterocycles. The fourth-order valence-electron chi connectivity index (χ4n) is 2.61. The Kier molecular flexibility index (Phi) is 5.84. The smallest absolute Gasteiger partial charge is 0.437 e. The van der Waals surface area contributed by atoms with Crippen molar-refractivity contribution in [2.45, 2.75) is 13.3 Å². The zero-order valence-electron chi connectivity index (χ0n) is 14.9. The van der Waals surface area contributed by atoms with Crippen molar-refractivity contribution in [2.24, 2.45) is 5.16 Å². The topological polar surface area (TPSA) is 70.9 Å². The third kappa shape index (κ3) is 5.19. The lowest BCUT2D eigenvalue weighted by Crippen LogP contribution is -2.14. The number of benzene rings is 3. The van der Waals surface area contributed by atoms with E-state index < -0.39 is 6.09 Å². The lowest BCUT2D eigenvalue weighted by Gasteiger charge is -2.10. The van der Waals surface area contributed by atoms with Crippen molar-refractivity contribution in [2.75, 3.05) is 5.32 Å². The molecule has 2 N–H and O–H groups in total. The molecule has 5 nitrogen and oxygen atoms in total. The van der Waals surface area contributed by atoms with Gasteiger partial charge in [0, 0.05) is 17.7 Å². The molecule has 0 bridgehead atoms. The van der Waals surface area contributed by atoms with Crippen LogP contribution in [0.25, 0.3) is 0 Å². The first-order valence-electron chi connectivity index (χ1n) is 8.55. The molecule has 0 aliphatic rings. The normalized spacial score (nSPS) is 11.1. The fraction of sp³-hybridized carbons (Fsp3) is 0.0909. The molecule has 0 unspecified atom stereocenters. The second kappa shape index (κ2) is 8.67. The van der Waals surface area contributed by atoms with Gasteiger partial charge in [0.05, 0.1) is 5.71 Å². The second-order valence-corrected chi connectivity index (χ2v) is 6.09. The van der Waals surface area contributed by atoms with E-state index >= 15 is 0 Å². The van der Waals surface area contributed by atoms with Crippen LogP contribution >= 0.6 is 0 Å². The number of amides is 1. The molecule has 0 aliphatic heterocycles. The summed E-state index contributed by atoms with van der Waals surface area (Å²) in [6.07, 6.45) is -0.283. The molecule has 0 saturated carbocycles. The zero-order valence-corrected chi connectivity index (χ0v) is 14.9. The third-order valence-corrected chi connectivity index (χ3v) is 3.94. The predicted octanol–water partition coefficient (Wildman–Crippen LogP) is 4.90. The van der Waals surface area contributed by atoms with Crippen molar-refractivity contribution in [3.05, 3.63) is 95.6 Å². The quantitative estimate of drug-likeness (QED) is 0.386. The molecule has 27 heavy (non-hydrogen) atoms. The molecule has 0 aromatic heterocycles. The summed E-state index contributed by atoms with van der Waals surface area (Å²) in [5.41, 5.74) is 3.51. The van der Waals surface area contributed by atoms with Crippen LogP contribution in [0.5, 0.6) is 5.75 Å². The zero-order chi connectivity index (χ0) is 19.1. The van der Waals surface area contributed by atoms with Crippen molar-refractivity contribution >= 4 is 17.5 Å². The van der Waals surface area contributed by atoms with Crippen LogP contribution in [0.4, 0.5) is 10.5 Å². The van der Waals surface area contributed by atoms with Gasteiger partial charge in [-0.1, -0.05) is 59.8 Å². The third-order valence-electron chi connectivity index (χ3n) is 3.94. The van der Waals surface area contributed by atoms with Gasteiger partial charge in [-0.15, -0.1) is 0 Å². The first kappa shape index (κ1) is 18.2. The molecule has 136 valence electrons. The van der Waals surface area contributed by atoms with Gasteiger partial charge in [0.15, 0.2) is 0 Å². The van der Waals surface area contributed by atoms with Crippen LogP contribution in [0.1, 0.15) is 16.7 Å². The Bertz CT molecular complexity index is 938. The van der Waals surface area contributed by atoms with Gasteiger partial charge in [-0.2, -0.15) is 0 Å². The molecular weight excluding hydrogens is 340 g/mol. The summed E-state index contributed by atoms with van der Waals surface area (Å²) in [5, 5.41) is 16.9. The maximum Gasteiger partial charge on any atom is 0.437 e. The number of hydrogen-bond donors (Lipinski definition) is 2. The molecule has 0 atom stereocenters. The summed E-state index contributed by atoms with van der Waals surface area (Å²) in [6, 6.07) is 23.9. The molecular formula is C22H20N2O3. The molecule has 5 heteroatoms. The predicted molar refractivity (Wildman–Crippen MR) is 106 cm³/mol. The number of nitrogens with zero attached hydrogens (tertiary/aromatic N) is 1. The van der Waals surface area contributed by atoms with Gasteiger partial charge in [-0.05, 0) is 42.3 Å². The maximum absolute atomic E-state index is 12.0. The van der Waals surface area contributed by atoms with Crippen molar-refractivity contribution in [3.63, 3.8) is 0 Å². The number of aryl methyl sites for hydroxylation is 1. The van der Waals surface area contributed by atoms with Gasteiger partial charge >= 0.3 is 6.09 Å². The van der Waals surface area contributed by atoms with Crippen LogP contribution in [0.3, 0.4) is 0 Å². The number of para-hydroxylation sites is 1. The standard InChI is InChI=1S/C22H20N2O3/c1-16-12-13-19(21(25)14-16)20(15-17-8-4-2-5-9-17)24-27-22(26)23-18-10-6-3-7-11-18/h2-14,25H,15H2,1H3,(H,23,26)/b24-20+. The van der Waals surface area contributed by atoms with Crippen LogP contribution in [-0.4, -0.2) is 16.9 Å². The first-order valence-corrected chi connectivity index (χ1v) is 8.55. The van der Waals surface area contributed by atoms with Crippen molar-refractivity contribution < 1.29 is 14.7 Å². The highest BCUT2D eigenvalue weighted by Crippen LogP contribution is 2.21. The van der Waals surface area contributed by atoms with Crippen molar-refractivity contribution in [1.29, 1.82) is 0 Å². The minimum atomic E-state index is -0.696. The number of carbonyl (C=O) groups excluding carboxylic acids is 1. The minimum Gasteiger partial charge on any atom is -0.507 e. The number of oxime groups is 1. The summed E-state index contributed by atoms with van der Waals surface area (Å²) in [6.45, 7) is 1.89. The molecule has 3 rings (SSSR count). The van der Waals surface area contributed by atoms with Gasteiger partial charge in [-0.3, -0.25) is 10.2 Å². The van der Waals surface area contributed by atoms with E-state index in [0.29, 0.717) is 23.4 Å². The Hall–Kier alpha value is -3.60. The van der Waals surface area contributed by atoms with Gasteiger partial charge < -0.3 is 5.11 Å². The highest BCUT2D eigenvalue weighted by atomic mass is 16.7. The van der Waals surface area contributed by atoms with E-state index in [4.69, 9.17) is 4.84 Å². The summed E-state index contributed by atoms with van der Waals surface area (Å²) in [5.74, 6) is 0.0942. The lowest BCUT2D eigenvalue weighted by molar-refractivity contribution is 0.166. The number of nitrogens with one attached hydrogen (secondary N) is 1. The summed E-state index contributed by atoms with van der Waals surface area (Å²) >= 11 is 0. The molecule has 0 radical (unpaired) electrons. The molecule has 0 saturated heterocycles. The van der Waals surface area contributed by atoms with E-state index in [1.807, 2.05) is 61.5 Å². The van der Waals surface area contributed by atoms with Crippen LogP contribution < -0.4 is 5.32 Å². The maximum atomic E-state index is 12.0. The Labute approximate surface area is 157 Å². The number of carbonyl (C=O) groups is 1. The van der Waals surface area contributed by atoms with E-state index in [9.17, 15) is 9.90 Å². The number of phenolic OH excluding ortho intramolecular Hbond substituents is 1. The second-order valence-electron chi connectivity index (χ2n) is 6.09. The summed E-state index contributed by atoms with van der Waals surface area (Å²) in [4.78, 5) is 17.1. The van der Waals surface area contributed by atoms with Gasteiger partial charge in [-0.25, -0.2) is 4.79 Å². The summed E-state index contributed by atoms with van der Waals surface area (Å²) < 4.78 is 0. The van der Waals surface area contributed by atoms with Crippen LogP contribution in [0.15, 0.2) is 84.0 Å². The fourth-order valence-corrected chi connectivity index (χ4v) is 2.61. The van der Waals surface area contributed by atoms with E-state index in [-0.39, 0.29) is 5.75 Å². The van der Waals surface area contributed by atoms with Crippen LogP contribution in [0.2, 0.25) is 0 Å². The highest BCUT2D eigenvalue weighted by Gasteiger charge is 2.13. The lowest BCUT2D eigenvalue weighted by atomic mass is 10.0. The molecule has 0 aliphatic carbocycles. The van der Waals surface area contributed by atoms with E-state index in [1.165, 1.54) is 0 Å². The van der Waals surface area contributed by atoms with E-state index in [2.05, 4.69) is 10.5 Å². The number of hydrogen-bond acceptors (Lipinski definition) is 4. The number of rotatable bonds is 5. The minimum absolute atomic E-state index is 0.0942. The van der Waals surface area contributed by atoms with Crippen LogP contribution in [-0.2, 0) is 11.3 Å². The van der Waals surface area contributed by atoms with Crippen LogP contribution in [0, 0.1) is 6.92 Å². The SMILES string of the molecule is Cc1ccc(/C(Cc2ccccc2)=N/OC(=O)Nc2ccccc2)c(O)c1. The number of anilines is 1. The van der Waals surface area contributed by atoms with Gasteiger partial charge in [0.2, 0.25) is 0 Å². The van der Waals surface area contributed by atoms with Gasteiger partial charge in [0.1, 0.15) is 5.75 Å². The summed E-state index contributed by atoms with van der Waals surface area (Å²) in [7, 11) is 0. The monoisotopic (exact) mass is 360 g/mol. The van der Waals surface area contributed by atoms with Crippen molar-refractivity contribution in [3.8, 4) is 5.75 Å². The molecule has 1 amide bonds. The van der Waals surface area contributed by atoms with E-state index in [1.54, 1.807) is 24.3 Å². The molecule has 3 aromatic rings. The van der Waals surface area contributed by atoms with Crippen molar-refractivity contribution in [1.82, 2.24) is 0 Å². The number of phenols is 1. The first-order chi connectivity index (χ1) is 13.1. The highest BCUT2D eigenvalue weighted by molar-refractivity contribution is 6.04. The Balaban J connectivity index is 1.82. The largest absolute Gasteiger partial charge is 0.507 e. The average molecular weight is 360 g/mol. The Morgan fingerprint density at radius 3 is 2.33 bits per heavy atom. The van der Waals surface area contributed by atoms with Gasteiger partial charge in [0.25, 0.3) is 0 Å². The Morgan fingerprint density at radius 2 is 1.67 bits per heavy atom.